The Morgan fingerprint density at radius 2 is 1.71 bits per heavy atom. The summed E-state index contributed by atoms with van der Waals surface area (Å²) in [4.78, 5) is 23.5. The molecule has 0 amide bonds. The lowest BCUT2D eigenvalue weighted by molar-refractivity contribution is 0.0690. The summed E-state index contributed by atoms with van der Waals surface area (Å²) >= 11 is 0. The molecule has 2 N–H and O–H groups in total. The zero-order chi connectivity index (χ0) is 17.7. The second-order valence-corrected chi connectivity index (χ2v) is 5.41. The Balaban J connectivity index is 2.38. The molecule has 2 rings (SSSR count). The fraction of sp³-hybridized carbons (Fsp3) is 0.158. The highest BCUT2D eigenvalue weighted by Gasteiger charge is 2.16. The normalized spacial score (nSPS) is 11.0. The molecule has 0 radical (unpaired) electrons. The van der Waals surface area contributed by atoms with Crippen molar-refractivity contribution in [1.29, 1.82) is 0 Å². The van der Waals surface area contributed by atoms with Crippen molar-refractivity contribution in [2.24, 2.45) is 0 Å². The van der Waals surface area contributed by atoms with Crippen LogP contribution in [0, 0.1) is 0 Å². The molecule has 0 unspecified atom stereocenters. The zero-order valence-electron chi connectivity index (χ0n) is 13.4. The Kier molecular flexibility index (Phi) is 5.37. The van der Waals surface area contributed by atoms with E-state index in [2.05, 4.69) is 0 Å². The first kappa shape index (κ1) is 17.3. The zero-order valence-corrected chi connectivity index (χ0v) is 13.4. The summed E-state index contributed by atoms with van der Waals surface area (Å²) in [6, 6.07) is 10.9. The molecular formula is C19H18O5. The molecule has 0 saturated carbocycles. The van der Waals surface area contributed by atoms with E-state index in [-0.39, 0.29) is 34.5 Å². The maximum atomic E-state index is 12.2. The molecule has 0 aromatic heterocycles. The second kappa shape index (κ2) is 7.46. The fourth-order valence-electron chi connectivity index (χ4n) is 2.16. The number of hydrogen-bond donors (Lipinski definition) is 2. The van der Waals surface area contributed by atoms with Crippen LogP contribution in [0.3, 0.4) is 0 Å². The van der Waals surface area contributed by atoms with Gasteiger partial charge in [-0.25, -0.2) is 4.79 Å². The van der Waals surface area contributed by atoms with Crippen molar-refractivity contribution in [3.63, 3.8) is 0 Å². The van der Waals surface area contributed by atoms with Crippen LogP contribution in [-0.4, -0.2) is 28.1 Å². The molecular weight excluding hydrogens is 308 g/mol. The van der Waals surface area contributed by atoms with Gasteiger partial charge < -0.3 is 14.9 Å². The van der Waals surface area contributed by atoms with Crippen molar-refractivity contribution in [3.05, 3.63) is 65.2 Å². The van der Waals surface area contributed by atoms with Gasteiger partial charge in [0.15, 0.2) is 5.78 Å². The van der Waals surface area contributed by atoms with E-state index in [4.69, 9.17) is 4.74 Å². The molecule has 0 bridgehead atoms. The molecule has 0 aliphatic carbocycles. The number of benzene rings is 2. The molecule has 0 saturated heterocycles. The molecule has 0 aliphatic heterocycles. The minimum Gasteiger partial charge on any atom is -0.507 e. The van der Waals surface area contributed by atoms with Gasteiger partial charge in [0.25, 0.3) is 0 Å². The Morgan fingerprint density at radius 1 is 1.04 bits per heavy atom. The first-order chi connectivity index (χ1) is 11.4. The van der Waals surface area contributed by atoms with Crippen LogP contribution in [0.25, 0.3) is 6.08 Å². The van der Waals surface area contributed by atoms with E-state index in [1.165, 1.54) is 30.4 Å². The van der Waals surface area contributed by atoms with Crippen molar-refractivity contribution in [2.75, 3.05) is 0 Å². The van der Waals surface area contributed by atoms with Gasteiger partial charge >= 0.3 is 5.97 Å². The molecule has 0 heterocycles. The molecule has 124 valence electrons. The highest BCUT2D eigenvalue weighted by molar-refractivity contribution is 6.08. The summed E-state index contributed by atoms with van der Waals surface area (Å²) in [5.41, 5.74) is 0.683. The Hall–Kier alpha value is -3.08. The van der Waals surface area contributed by atoms with E-state index in [1.807, 2.05) is 0 Å². The quantitative estimate of drug-likeness (QED) is 0.623. The van der Waals surface area contributed by atoms with Gasteiger partial charge in [0.1, 0.15) is 17.1 Å². The minimum absolute atomic E-state index is 0.0286. The van der Waals surface area contributed by atoms with E-state index in [9.17, 15) is 19.8 Å². The van der Waals surface area contributed by atoms with Crippen LogP contribution < -0.4 is 4.74 Å². The maximum Gasteiger partial charge on any atom is 0.339 e. The van der Waals surface area contributed by atoms with Gasteiger partial charge in [0, 0.05) is 5.56 Å². The number of allylic oxidation sites excluding steroid dienone is 1. The van der Waals surface area contributed by atoms with Crippen molar-refractivity contribution in [3.8, 4) is 11.5 Å². The lowest BCUT2D eigenvalue weighted by Crippen LogP contribution is -2.11. The van der Waals surface area contributed by atoms with Crippen LogP contribution in [0.5, 0.6) is 11.5 Å². The lowest BCUT2D eigenvalue weighted by atomic mass is 10.1. The van der Waals surface area contributed by atoms with Crippen LogP contribution in [-0.2, 0) is 0 Å². The number of phenolic OH excluding ortho intramolecular Hbond substituents is 1. The number of ether oxygens (including phenoxy) is 1. The number of carbonyl (C=O) groups is 2. The summed E-state index contributed by atoms with van der Waals surface area (Å²) < 4.78 is 5.61. The number of carbonyl (C=O) groups excluding carboxylic acids is 1. The number of rotatable bonds is 6. The molecule has 2 aromatic carbocycles. The second-order valence-electron chi connectivity index (χ2n) is 5.41. The van der Waals surface area contributed by atoms with Crippen LogP contribution in [0.4, 0.5) is 0 Å². The number of para-hydroxylation sites is 2. The van der Waals surface area contributed by atoms with E-state index < -0.39 is 5.97 Å². The largest absolute Gasteiger partial charge is 0.507 e. The third kappa shape index (κ3) is 4.01. The van der Waals surface area contributed by atoms with Gasteiger partial charge in [-0.15, -0.1) is 0 Å². The van der Waals surface area contributed by atoms with Gasteiger partial charge in [-0.05, 0) is 44.2 Å². The smallest absolute Gasteiger partial charge is 0.339 e. The van der Waals surface area contributed by atoms with Crippen molar-refractivity contribution in [2.45, 2.75) is 20.0 Å². The van der Waals surface area contributed by atoms with E-state index in [0.29, 0.717) is 5.56 Å². The Bertz CT molecular complexity index is 790. The van der Waals surface area contributed by atoms with Gasteiger partial charge in [-0.1, -0.05) is 24.3 Å². The third-order valence-corrected chi connectivity index (χ3v) is 3.21. The van der Waals surface area contributed by atoms with Crippen molar-refractivity contribution in [1.82, 2.24) is 0 Å². The van der Waals surface area contributed by atoms with E-state index in [1.54, 1.807) is 38.1 Å². The molecule has 0 aliphatic rings. The number of ketones is 1. The van der Waals surface area contributed by atoms with Crippen molar-refractivity contribution >= 4 is 17.8 Å². The molecule has 0 spiro atoms. The number of hydrogen-bond acceptors (Lipinski definition) is 4. The topological polar surface area (TPSA) is 83.8 Å². The Morgan fingerprint density at radius 3 is 2.33 bits per heavy atom. The Labute approximate surface area is 139 Å². The van der Waals surface area contributed by atoms with Gasteiger partial charge in [-0.2, -0.15) is 0 Å². The molecule has 2 aromatic rings. The van der Waals surface area contributed by atoms with E-state index >= 15 is 0 Å². The number of carboxylic acids is 1. The number of aromatic hydroxyl groups is 1. The van der Waals surface area contributed by atoms with E-state index in [0.717, 1.165) is 0 Å². The maximum absolute atomic E-state index is 12.2. The first-order valence-corrected chi connectivity index (χ1v) is 7.43. The van der Waals surface area contributed by atoms with Crippen LogP contribution >= 0.6 is 0 Å². The van der Waals surface area contributed by atoms with Gasteiger partial charge in [-0.3, -0.25) is 4.79 Å². The third-order valence-electron chi connectivity index (χ3n) is 3.21. The summed E-state index contributed by atoms with van der Waals surface area (Å²) in [5.74, 6) is -1.39. The lowest BCUT2D eigenvalue weighted by Gasteiger charge is -2.15. The van der Waals surface area contributed by atoms with Crippen LogP contribution in [0.15, 0.2) is 48.5 Å². The van der Waals surface area contributed by atoms with Gasteiger partial charge in [0.2, 0.25) is 0 Å². The monoisotopic (exact) mass is 326 g/mol. The first-order valence-electron chi connectivity index (χ1n) is 7.43. The van der Waals surface area contributed by atoms with Crippen molar-refractivity contribution < 1.29 is 24.5 Å². The van der Waals surface area contributed by atoms with Gasteiger partial charge in [0.05, 0.1) is 11.7 Å². The fourth-order valence-corrected chi connectivity index (χ4v) is 2.16. The summed E-state index contributed by atoms with van der Waals surface area (Å²) in [6.45, 7) is 3.58. The predicted molar refractivity (Wildman–Crippen MR) is 90.6 cm³/mol. The average Bonchev–Trinajstić information content (AvgIpc) is 2.53. The minimum atomic E-state index is -1.10. The number of carboxylic acid groups (broad SMARTS) is 1. The highest BCUT2D eigenvalue weighted by atomic mass is 16.5. The van der Waals surface area contributed by atoms with Crippen LogP contribution in [0.2, 0.25) is 0 Å². The SMILES string of the molecule is CC(C)Oc1c(/C=C/C(=O)c2ccccc2O)cccc1C(=O)O. The molecule has 5 nitrogen and oxygen atoms in total. The summed E-state index contributed by atoms with van der Waals surface area (Å²) in [5, 5.41) is 19.0. The highest BCUT2D eigenvalue weighted by Crippen LogP contribution is 2.27. The molecule has 5 heteroatoms. The summed E-state index contributed by atoms with van der Waals surface area (Å²) in [6.07, 6.45) is 2.55. The number of phenols is 1. The van der Waals surface area contributed by atoms with Crippen LogP contribution in [0.1, 0.15) is 40.1 Å². The number of aromatic carboxylic acids is 1. The molecule has 0 atom stereocenters. The standard InChI is InChI=1S/C19H18O5/c1-12(2)24-18-13(6-5-8-15(18)19(22)23)10-11-17(21)14-7-3-4-9-16(14)20/h3-12,20H,1-2H3,(H,22,23)/b11-10+. The predicted octanol–water partition coefficient (Wildman–Crippen LogP) is 3.77. The summed E-state index contributed by atoms with van der Waals surface area (Å²) in [7, 11) is 0. The molecule has 24 heavy (non-hydrogen) atoms. The average molecular weight is 326 g/mol. The molecule has 0 fully saturated rings.